The van der Waals surface area contributed by atoms with Crippen LogP contribution in [0.4, 0.5) is 23.0 Å². The highest BCUT2D eigenvalue weighted by molar-refractivity contribution is 7.98. The van der Waals surface area contributed by atoms with Gasteiger partial charge < -0.3 is 25.6 Å². The number of ether oxygens (including phenoxy) is 1. The maximum atomic E-state index is 12.1. The Bertz CT molecular complexity index is 1040. The Kier molecular flexibility index (Phi) is 7.94. The van der Waals surface area contributed by atoms with Crippen molar-refractivity contribution in [1.29, 1.82) is 0 Å². The summed E-state index contributed by atoms with van der Waals surface area (Å²) < 4.78 is 5.42. The minimum atomic E-state index is -0.153. The van der Waals surface area contributed by atoms with Gasteiger partial charge in [-0.25, -0.2) is 9.97 Å². The van der Waals surface area contributed by atoms with Crippen LogP contribution in [0, 0.1) is 0 Å². The van der Waals surface area contributed by atoms with Crippen molar-refractivity contribution in [2.24, 2.45) is 0 Å². The first kappa shape index (κ1) is 22.8. The van der Waals surface area contributed by atoms with E-state index in [-0.39, 0.29) is 5.91 Å². The predicted molar refractivity (Wildman–Crippen MR) is 132 cm³/mol. The molecular weight excluding hydrogens is 438 g/mol. The fourth-order valence-electron chi connectivity index (χ4n) is 3.36. The van der Waals surface area contributed by atoms with E-state index in [9.17, 15) is 4.79 Å². The van der Waals surface area contributed by atoms with E-state index in [1.807, 2.05) is 24.5 Å². The lowest BCUT2D eigenvalue weighted by Gasteiger charge is -2.28. The first-order chi connectivity index (χ1) is 16.2. The number of benzene rings is 1. The third-order valence-electron chi connectivity index (χ3n) is 5.04. The number of thioether (sulfide) groups is 1. The standard InChI is InChI=1S/C23H27N7O2S/c1-33-23-28-20(25-9-10-26-22(31)17-3-2-8-24-16-17)15-21(29-23)27-18-4-6-19(7-5-18)30-11-13-32-14-12-30/h2-8,15-16H,9-14H2,1H3,(H,26,31)(H2,25,27,28,29). The molecule has 3 heterocycles. The summed E-state index contributed by atoms with van der Waals surface area (Å²) in [5.41, 5.74) is 2.68. The smallest absolute Gasteiger partial charge is 0.252 e. The molecule has 1 amide bonds. The monoisotopic (exact) mass is 465 g/mol. The lowest BCUT2D eigenvalue weighted by Crippen LogP contribution is -2.36. The van der Waals surface area contributed by atoms with Gasteiger partial charge in [0.05, 0.1) is 18.8 Å². The molecule has 3 aromatic rings. The molecule has 0 spiro atoms. The Morgan fingerprint density at radius 1 is 1.09 bits per heavy atom. The van der Waals surface area contributed by atoms with E-state index in [1.165, 1.54) is 17.4 Å². The fraction of sp³-hybridized carbons (Fsp3) is 0.304. The second kappa shape index (κ2) is 11.5. The molecule has 0 bridgehead atoms. The number of rotatable bonds is 9. The second-order valence-corrected chi connectivity index (χ2v) is 8.09. The maximum Gasteiger partial charge on any atom is 0.252 e. The number of carbonyl (C=O) groups is 1. The lowest BCUT2D eigenvalue weighted by molar-refractivity contribution is 0.0955. The van der Waals surface area contributed by atoms with E-state index in [0.29, 0.717) is 35.4 Å². The quantitative estimate of drug-likeness (QED) is 0.250. The summed E-state index contributed by atoms with van der Waals surface area (Å²) >= 11 is 1.47. The molecule has 0 saturated carbocycles. The van der Waals surface area contributed by atoms with Crippen molar-refractivity contribution in [3.05, 3.63) is 60.4 Å². The molecule has 0 atom stereocenters. The highest BCUT2D eigenvalue weighted by Gasteiger charge is 2.11. The molecule has 33 heavy (non-hydrogen) atoms. The van der Waals surface area contributed by atoms with Crippen LogP contribution >= 0.6 is 11.8 Å². The van der Waals surface area contributed by atoms with Crippen LogP contribution in [0.2, 0.25) is 0 Å². The molecule has 4 rings (SSSR count). The Morgan fingerprint density at radius 3 is 2.61 bits per heavy atom. The van der Waals surface area contributed by atoms with Gasteiger partial charge in [0, 0.05) is 56.0 Å². The van der Waals surface area contributed by atoms with Crippen LogP contribution in [0.5, 0.6) is 0 Å². The van der Waals surface area contributed by atoms with E-state index in [1.54, 1.807) is 24.5 Å². The van der Waals surface area contributed by atoms with Gasteiger partial charge in [-0.05, 0) is 42.7 Å². The van der Waals surface area contributed by atoms with Crippen LogP contribution in [0.25, 0.3) is 0 Å². The predicted octanol–water partition coefficient (Wildman–Crippen LogP) is 3.02. The average molecular weight is 466 g/mol. The zero-order chi connectivity index (χ0) is 22.9. The number of nitrogens with zero attached hydrogens (tertiary/aromatic N) is 4. The van der Waals surface area contributed by atoms with Crippen LogP contribution in [0.3, 0.4) is 0 Å². The Labute approximate surface area is 197 Å². The largest absolute Gasteiger partial charge is 0.378 e. The summed E-state index contributed by atoms with van der Waals surface area (Å²) in [4.78, 5) is 27.4. The van der Waals surface area contributed by atoms with E-state index in [4.69, 9.17) is 4.74 Å². The van der Waals surface area contributed by atoms with Gasteiger partial charge in [0.25, 0.3) is 5.91 Å². The number of nitrogens with one attached hydrogen (secondary N) is 3. The summed E-state index contributed by atoms with van der Waals surface area (Å²) in [6, 6.07) is 13.6. The number of morpholine rings is 1. The third-order valence-corrected chi connectivity index (χ3v) is 5.59. The molecule has 0 aliphatic carbocycles. The van der Waals surface area contributed by atoms with Gasteiger partial charge in [-0.1, -0.05) is 11.8 Å². The van der Waals surface area contributed by atoms with E-state index in [2.05, 4.69) is 47.9 Å². The highest BCUT2D eigenvalue weighted by Crippen LogP contribution is 2.23. The number of hydrogen-bond acceptors (Lipinski definition) is 9. The molecular formula is C23H27N7O2S. The van der Waals surface area contributed by atoms with Crippen molar-refractivity contribution in [2.45, 2.75) is 5.16 Å². The molecule has 10 heteroatoms. The molecule has 0 radical (unpaired) electrons. The highest BCUT2D eigenvalue weighted by atomic mass is 32.2. The van der Waals surface area contributed by atoms with Gasteiger partial charge in [-0.15, -0.1) is 0 Å². The van der Waals surface area contributed by atoms with Gasteiger partial charge in [-0.3, -0.25) is 9.78 Å². The number of amides is 1. The molecule has 1 aliphatic heterocycles. The topological polar surface area (TPSA) is 104 Å². The molecule has 1 saturated heterocycles. The number of pyridine rings is 1. The SMILES string of the molecule is CSc1nc(NCCNC(=O)c2cccnc2)cc(Nc2ccc(N3CCOCC3)cc2)n1. The Morgan fingerprint density at radius 2 is 1.88 bits per heavy atom. The van der Waals surface area contributed by atoms with Crippen molar-refractivity contribution < 1.29 is 9.53 Å². The minimum absolute atomic E-state index is 0.153. The molecule has 1 fully saturated rings. The Balaban J connectivity index is 1.33. The molecule has 9 nitrogen and oxygen atoms in total. The van der Waals surface area contributed by atoms with Crippen molar-refractivity contribution >= 4 is 40.7 Å². The van der Waals surface area contributed by atoms with Gasteiger partial charge in [-0.2, -0.15) is 0 Å². The lowest BCUT2D eigenvalue weighted by atomic mass is 10.2. The van der Waals surface area contributed by atoms with E-state index in [0.717, 1.165) is 32.0 Å². The van der Waals surface area contributed by atoms with Crippen LogP contribution < -0.4 is 20.9 Å². The summed E-state index contributed by atoms with van der Waals surface area (Å²) in [7, 11) is 0. The summed E-state index contributed by atoms with van der Waals surface area (Å²) in [6.45, 7) is 4.34. The van der Waals surface area contributed by atoms with Crippen molar-refractivity contribution in [3.63, 3.8) is 0 Å². The van der Waals surface area contributed by atoms with E-state index >= 15 is 0 Å². The molecule has 0 unspecified atom stereocenters. The zero-order valence-electron chi connectivity index (χ0n) is 18.5. The summed E-state index contributed by atoms with van der Waals surface area (Å²) in [5.74, 6) is 1.24. The van der Waals surface area contributed by atoms with Crippen LogP contribution in [-0.2, 0) is 4.74 Å². The third kappa shape index (κ3) is 6.56. The molecule has 1 aromatic carbocycles. The van der Waals surface area contributed by atoms with Crippen molar-refractivity contribution in [2.75, 3.05) is 61.2 Å². The van der Waals surface area contributed by atoms with Gasteiger partial charge >= 0.3 is 0 Å². The molecule has 2 aromatic heterocycles. The van der Waals surface area contributed by atoms with Crippen LogP contribution in [0.1, 0.15) is 10.4 Å². The summed E-state index contributed by atoms with van der Waals surface area (Å²) in [6.07, 6.45) is 5.12. The molecule has 172 valence electrons. The Hall–Kier alpha value is -3.37. The first-order valence-corrected chi connectivity index (χ1v) is 12.0. The van der Waals surface area contributed by atoms with E-state index < -0.39 is 0 Å². The minimum Gasteiger partial charge on any atom is -0.378 e. The summed E-state index contributed by atoms with van der Waals surface area (Å²) in [5, 5.41) is 10.1. The van der Waals surface area contributed by atoms with Crippen molar-refractivity contribution in [1.82, 2.24) is 20.3 Å². The van der Waals surface area contributed by atoms with Gasteiger partial charge in [0.2, 0.25) is 0 Å². The van der Waals surface area contributed by atoms with Crippen LogP contribution in [-0.4, -0.2) is 66.5 Å². The maximum absolute atomic E-state index is 12.1. The zero-order valence-corrected chi connectivity index (χ0v) is 19.3. The number of carbonyl (C=O) groups excluding carboxylic acids is 1. The average Bonchev–Trinajstić information content (AvgIpc) is 2.88. The van der Waals surface area contributed by atoms with Crippen LogP contribution in [0.15, 0.2) is 60.0 Å². The molecule has 3 N–H and O–H groups in total. The van der Waals surface area contributed by atoms with Gasteiger partial charge in [0.1, 0.15) is 11.6 Å². The fourth-order valence-corrected chi connectivity index (χ4v) is 3.74. The van der Waals surface area contributed by atoms with Gasteiger partial charge in [0.15, 0.2) is 5.16 Å². The van der Waals surface area contributed by atoms with Crippen molar-refractivity contribution in [3.8, 4) is 0 Å². The normalized spacial score (nSPS) is 13.4. The second-order valence-electron chi connectivity index (χ2n) is 7.32. The molecule has 1 aliphatic rings. The number of anilines is 4. The number of hydrogen-bond donors (Lipinski definition) is 3. The first-order valence-electron chi connectivity index (χ1n) is 10.8. The number of aromatic nitrogens is 3.